The van der Waals surface area contributed by atoms with E-state index in [-0.39, 0.29) is 18.1 Å². The molecule has 1 unspecified atom stereocenters. The van der Waals surface area contributed by atoms with Gasteiger partial charge in [-0.05, 0) is 49.0 Å². The summed E-state index contributed by atoms with van der Waals surface area (Å²) in [6.07, 6.45) is 1.01. The molecule has 7 heteroatoms. The van der Waals surface area contributed by atoms with E-state index in [1.807, 2.05) is 44.2 Å². The van der Waals surface area contributed by atoms with Crippen molar-refractivity contribution in [2.75, 3.05) is 31.1 Å². The Morgan fingerprint density at radius 3 is 2.49 bits per heavy atom. The molecular weight excluding hydrogens is 474 g/mol. The summed E-state index contributed by atoms with van der Waals surface area (Å²) in [7, 11) is 0. The third kappa shape index (κ3) is 6.06. The van der Waals surface area contributed by atoms with E-state index in [0.717, 1.165) is 25.6 Å². The van der Waals surface area contributed by atoms with Crippen LogP contribution in [0.15, 0.2) is 72.8 Å². The van der Waals surface area contributed by atoms with Crippen LogP contribution in [0.4, 0.5) is 20.2 Å². The van der Waals surface area contributed by atoms with Gasteiger partial charge < -0.3 is 14.7 Å². The van der Waals surface area contributed by atoms with E-state index in [1.165, 1.54) is 12.1 Å². The largest absolute Gasteiger partial charge is 0.491 e. The minimum absolute atomic E-state index is 0.106. The first-order chi connectivity index (χ1) is 17.7. The van der Waals surface area contributed by atoms with Gasteiger partial charge in [0.1, 0.15) is 18.5 Å². The molecule has 4 rings (SSSR count). The number of fused-ring (bicyclic) bond motifs is 1. The number of carbonyl (C=O) groups is 1. The summed E-state index contributed by atoms with van der Waals surface area (Å²) in [5.41, 5.74) is 2.89. The van der Waals surface area contributed by atoms with Gasteiger partial charge in [-0.15, -0.1) is 0 Å². The second-order valence-electron chi connectivity index (χ2n) is 9.18. The maximum Gasteiger partial charge on any atom is 0.270 e. The molecule has 1 atom stereocenters. The van der Waals surface area contributed by atoms with Crippen LogP contribution in [0.5, 0.6) is 5.75 Å². The number of alkyl halides is 2. The highest BCUT2D eigenvalue weighted by molar-refractivity contribution is 6.38. The topological polar surface area (TPSA) is 53.0 Å². The summed E-state index contributed by atoms with van der Waals surface area (Å²) < 4.78 is 33.6. The Morgan fingerprint density at radius 2 is 1.76 bits per heavy atom. The number of halogens is 2. The van der Waals surface area contributed by atoms with Gasteiger partial charge in [0.05, 0.1) is 16.9 Å². The van der Waals surface area contributed by atoms with Crippen LogP contribution in [0.25, 0.3) is 11.6 Å². The van der Waals surface area contributed by atoms with Crippen LogP contribution in [0.1, 0.15) is 37.5 Å². The van der Waals surface area contributed by atoms with Gasteiger partial charge in [-0.3, -0.25) is 9.69 Å². The smallest absolute Gasteiger partial charge is 0.270 e. The summed E-state index contributed by atoms with van der Waals surface area (Å²) in [4.78, 5) is 17.4. The van der Waals surface area contributed by atoms with Gasteiger partial charge in [0.25, 0.3) is 11.8 Å². The number of likely N-dealkylation sites (N-methyl/N-ethyl adjacent to an activating group) is 1. The predicted octanol–water partition coefficient (Wildman–Crippen LogP) is 6.10. The van der Waals surface area contributed by atoms with Crippen LogP contribution >= 0.6 is 0 Å². The molecule has 37 heavy (non-hydrogen) atoms. The molecule has 194 valence electrons. The van der Waals surface area contributed by atoms with Crippen molar-refractivity contribution in [2.24, 2.45) is 0 Å². The molecule has 0 aliphatic carbocycles. The maximum atomic E-state index is 13.9. The molecule has 1 aliphatic heterocycles. The second-order valence-corrected chi connectivity index (χ2v) is 9.18. The van der Waals surface area contributed by atoms with Crippen molar-refractivity contribution in [1.29, 1.82) is 0 Å². The van der Waals surface area contributed by atoms with Crippen molar-refractivity contribution in [3.05, 3.63) is 89.5 Å². The van der Waals surface area contributed by atoms with E-state index < -0.39 is 12.0 Å². The number of ether oxygens (including phenoxy) is 1. The number of hydrogen-bond donors (Lipinski definition) is 1. The maximum absolute atomic E-state index is 13.9. The van der Waals surface area contributed by atoms with Crippen LogP contribution in [0, 0.1) is 0 Å². The molecule has 0 fully saturated rings. The lowest BCUT2D eigenvalue weighted by Gasteiger charge is -2.22. The number of carbonyl (C=O) groups excluding carboxylic acids is 1. The lowest BCUT2D eigenvalue weighted by atomic mass is 10.0. The van der Waals surface area contributed by atoms with Gasteiger partial charge in [0.2, 0.25) is 0 Å². The molecule has 1 N–H and O–H groups in total. The molecule has 0 aromatic heterocycles. The number of aliphatic hydroxyl groups is 1. The number of benzene rings is 3. The van der Waals surface area contributed by atoms with Gasteiger partial charge >= 0.3 is 0 Å². The van der Waals surface area contributed by atoms with E-state index in [4.69, 9.17) is 4.74 Å². The monoisotopic (exact) mass is 506 g/mol. The molecular formula is C30H32F2N2O3. The second kappa shape index (κ2) is 11.2. The van der Waals surface area contributed by atoms with Crippen molar-refractivity contribution in [3.8, 4) is 5.75 Å². The Morgan fingerprint density at radius 1 is 1.03 bits per heavy atom. The quantitative estimate of drug-likeness (QED) is 0.338. The Bertz CT molecular complexity index is 1280. The lowest BCUT2D eigenvalue weighted by Crippen LogP contribution is -2.35. The number of nitrogens with zero attached hydrogens (tertiary/aromatic N) is 2. The van der Waals surface area contributed by atoms with E-state index in [2.05, 4.69) is 4.90 Å². The number of hydrogen-bond acceptors (Lipinski definition) is 4. The van der Waals surface area contributed by atoms with Crippen LogP contribution < -0.4 is 9.64 Å². The van der Waals surface area contributed by atoms with Crippen molar-refractivity contribution >= 4 is 28.9 Å². The standard InChI is InChI=1S/C30H32F2N2O3/c1-4-33(5-2)19-24(35)20-37-25-13-9-12-23(18-25)34-28-15-7-6-14-26(28)27(29(34)36)17-21-10-8-11-22(16-21)30(3,31)32/h6-18,24,35H,4-5,19-20H2,1-3H3/b27-17+. The van der Waals surface area contributed by atoms with Crippen molar-refractivity contribution < 1.29 is 23.4 Å². The highest BCUT2D eigenvalue weighted by Gasteiger charge is 2.33. The van der Waals surface area contributed by atoms with Crippen molar-refractivity contribution in [3.63, 3.8) is 0 Å². The predicted molar refractivity (Wildman–Crippen MR) is 143 cm³/mol. The third-order valence-electron chi connectivity index (χ3n) is 6.45. The van der Waals surface area contributed by atoms with Crippen LogP contribution in [-0.4, -0.2) is 48.3 Å². The van der Waals surface area contributed by atoms with Crippen LogP contribution in [0.2, 0.25) is 0 Å². The van der Waals surface area contributed by atoms with E-state index in [1.54, 1.807) is 41.3 Å². The fraction of sp³-hybridized carbons (Fsp3) is 0.300. The summed E-state index contributed by atoms with van der Waals surface area (Å²) >= 11 is 0. The third-order valence-corrected chi connectivity index (χ3v) is 6.45. The number of anilines is 2. The normalized spacial score (nSPS) is 15.4. The fourth-order valence-corrected chi connectivity index (χ4v) is 4.44. The van der Waals surface area contributed by atoms with Crippen molar-refractivity contribution in [1.82, 2.24) is 4.90 Å². The first-order valence-corrected chi connectivity index (χ1v) is 12.5. The van der Waals surface area contributed by atoms with E-state index in [0.29, 0.717) is 34.8 Å². The lowest BCUT2D eigenvalue weighted by molar-refractivity contribution is -0.112. The molecule has 0 bridgehead atoms. The Kier molecular flexibility index (Phi) is 8.05. The molecule has 0 radical (unpaired) electrons. The van der Waals surface area contributed by atoms with E-state index in [9.17, 15) is 18.7 Å². The number of aliphatic hydroxyl groups excluding tert-OH is 1. The highest BCUT2D eigenvalue weighted by atomic mass is 19.3. The fourth-order valence-electron chi connectivity index (χ4n) is 4.44. The first-order valence-electron chi connectivity index (χ1n) is 12.5. The molecule has 1 amide bonds. The van der Waals surface area contributed by atoms with Gasteiger partial charge in [-0.2, -0.15) is 0 Å². The highest BCUT2D eigenvalue weighted by Crippen LogP contribution is 2.43. The van der Waals surface area contributed by atoms with E-state index >= 15 is 0 Å². The summed E-state index contributed by atoms with van der Waals surface area (Å²) in [6, 6.07) is 20.6. The van der Waals surface area contributed by atoms with Gasteiger partial charge in [0.15, 0.2) is 0 Å². The zero-order valence-corrected chi connectivity index (χ0v) is 21.3. The Balaban J connectivity index is 1.60. The minimum atomic E-state index is -2.97. The zero-order valence-electron chi connectivity index (χ0n) is 21.3. The average Bonchev–Trinajstić information content (AvgIpc) is 3.17. The summed E-state index contributed by atoms with van der Waals surface area (Å²) in [5, 5.41) is 10.4. The zero-order chi connectivity index (χ0) is 26.6. The van der Waals surface area contributed by atoms with Gasteiger partial charge in [-0.1, -0.05) is 56.3 Å². The molecule has 0 spiro atoms. The summed E-state index contributed by atoms with van der Waals surface area (Å²) in [6.45, 7) is 7.29. The van der Waals surface area contributed by atoms with Gasteiger partial charge in [0, 0.05) is 30.7 Å². The number of rotatable bonds is 10. The molecule has 3 aromatic rings. The SMILES string of the molecule is CCN(CC)CC(O)COc1cccc(N2C(=O)/C(=C/c3cccc(C(C)(F)F)c3)c3ccccc32)c1. The van der Waals surface area contributed by atoms with Crippen LogP contribution in [0.3, 0.4) is 0 Å². The molecule has 5 nitrogen and oxygen atoms in total. The van der Waals surface area contributed by atoms with Crippen molar-refractivity contribution in [2.45, 2.75) is 32.8 Å². The Hall–Kier alpha value is -3.55. The van der Waals surface area contributed by atoms with Gasteiger partial charge in [-0.25, -0.2) is 8.78 Å². The molecule has 3 aromatic carbocycles. The summed E-state index contributed by atoms with van der Waals surface area (Å²) in [5.74, 6) is -2.69. The minimum Gasteiger partial charge on any atom is -0.491 e. The Labute approximate surface area is 216 Å². The molecule has 1 aliphatic rings. The number of para-hydroxylation sites is 1. The number of amides is 1. The van der Waals surface area contributed by atoms with Crippen LogP contribution in [-0.2, 0) is 10.7 Å². The first kappa shape index (κ1) is 26.5. The average molecular weight is 507 g/mol. The molecule has 1 heterocycles. The molecule has 0 saturated carbocycles. The molecule has 0 saturated heterocycles.